The standard InChI is InChI=1S/C18H16/c1-3-7-15-13(5-1)9-11-18-16-8-4-2-6-14(16)10-12-17(15)18/h1-7,9H,8,10-12H2. The Bertz CT molecular complexity index is 724. The molecule has 0 spiro atoms. The van der Waals surface area contributed by atoms with Crippen LogP contribution in [0.1, 0.15) is 25.7 Å². The third kappa shape index (κ3) is 1.38. The topological polar surface area (TPSA) is 0 Å². The summed E-state index contributed by atoms with van der Waals surface area (Å²) in [6, 6.07) is 8.84. The van der Waals surface area contributed by atoms with Crippen LogP contribution in [0.15, 0.2) is 59.2 Å². The molecule has 0 amide bonds. The minimum Gasteiger partial charge on any atom is -0.0801 e. The number of hydrogen-bond acceptors (Lipinski definition) is 0. The van der Waals surface area contributed by atoms with Crippen molar-refractivity contribution in [1.82, 2.24) is 0 Å². The van der Waals surface area contributed by atoms with Crippen LogP contribution in [0.2, 0.25) is 0 Å². The monoisotopic (exact) mass is 232 g/mol. The van der Waals surface area contributed by atoms with Gasteiger partial charge in [0.1, 0.15) is 0 Å². The molecule has 0 heterocycles. The van der Waals surface area contributed by atoms with E-state index in [1.165, 1.54) is 23.3 Å². The lowest BCUT2D eigenvalue weighted by Gasteiger charge is -2.28. The van der Waals surface area contributed by atoms with E-state index in [1.807, 2.05) is 0 Å². The van der Waals surface area contributed by atoms with Crippen LogP contribution in [0.5, 0.6) is 0 Å². The molecule has 0 radical (unpaired) electrons. The zero-order chi connectivity index (χ0) is 11.9. The Morgan fingerprint density at radius 3 is 2.78 bits per heavy atom. The van der Waals surface area contributed by atoms with Gasteiger partial charge in [0.15, 0.2) is 0 Å². The van der Waals surface area contributed by atoms with E-state index in [9.17, 15) is 0 Å². The highest BCUT2D eigenvalue weighted by Crippen LogP contribution is 2.39. The summed E-state index contributed by atoms with van der Waals surface area (Å²) >= 11 is 0. The fraction of sp³-hybridized carbons (Fsp3) is 0.222. The minimum absolute atomic E-state index is 1.12. The third-order valence-electron chi connectivity index (χ3n) is 4.33. The van der Waals surface area contributed by atoms with Gasteiger partial charge in [-0.05, 0) is 58.4 Å². The third-order valence-corrected chi connectivity index (χ3v) is 4.33. The van der Waals surface area contributed by atoms with Crippen molar-refractivity contribution in [3.8, 4) is 0 Å². The van der Waals surface area contributed by atoms with Crippen molar-refractivity contribution in [2.45, 2.75) is 25.7 Å². The summed E-state index contributed by atoms with van der Waals surface area (Å²) in [4.78, 5) is 0. The number of allylic oxidation sites excluding steroid dienone is 6. The lowest BCUT2D eigenvalue weighted by atomic mass is 9.77. The van der Waals surface area contributed by atoms with Crippen LogP contribution in [0, 0.1) is 0 Å². The van der Waals surface area contributed by atoms with Crippen LogP contribution in [0.25, 0.3) is 11.6 Å². The lowest BCUT2D eigenvalue weighted by molar-refractivity contribution is 0.906. The van der Waals surface area contributed by atoms with Gasteiger partial charge < -0.3 is 0 Å². The molecule has 0 unspecified atom stereocenters. The largest absolute Gasteiger partial charge is 0.0801 e. The van der Waals surface area contributed by atoms with Crippen molar-refractivity contribution in [1.29, 1.82) is 0 Å². The van der Waals surface area contributed by atoms with Gasteiger partial charge in [-0.15, -0.1) is 0 Å². The predicted octanol–water partition coefficient (Wildman–Crippen LogP) is 3.00. The molecule has 1 aromatic rings. The van der Waals surface area contributed by atoms with Crippen LogP contribution in [0.4, 0.5) is 0 Å². The van der Waals surface area contributed by atoms with E-state index in [0.29, 0.717) is 0 Å². The van der Waals surface area contributed by atoms with E-state index in [0.717, 1.165) is 12.8 Å². The molecule has 4 rings (SSSR count). The molecule has 0 heteroatoms. The second-order valence-corrected chi connectivity index (χ2v) is 5.26. The van der Waals surface area contributed by atoms with Gasteiger partial charge in [0.05, 0.1) is 0 Å². The Kier molecular flexibility index (Phi) is 2.16. The fourth-order valence-corrected chi connectivity index (χ4v) is 3.45. The normalized spacial score (nSPS) is 20.7. The van der Waals surface area contributed by atoms with Crippen LogP contribution in [0.3, 0.4) is 0 Å². The zero-order valence-corrected chi connectivity index (χ0v) is 10.4. The number of rotatable bonds is 0. The van der Waals surface area contributed by atoms with E-state index < -0.39 is 0 Å². The van der Waals surface area contributed by atoms with Gasteiger partial charge in [-0.3, -0.25) is 0 Å². The summed E-state index contributed by atoms with van der Waals surface area (Å²) in [7, 11) is 0. The van der Waals surface area contributed by atoms with E-state index in [-0.39, 0.29) is 0 Å². The quantitative estimate of drug-likeness (QED) is 0.645. The Morgan fingerprint density at radius 1 is 0.833 bits per heavy atom. The Labute approximate surface area is 107 Å². The van der Waals surface area contributed by atoms with Crippen molar-refractivity contribution >= 4 is 11.6 Å². The summed E-state index contributed by atoms with van der Waals surface area (Å²) in [6.07, 6.45) is 13.9. The van der Waals surface area contributed by atoms with Crippen molar-refractivity contribution in [3.63, 3.8) is 0 Å². The molecule has 88 valence electrons. The van der Waals surface area contributed by atoms with Crippen LogP contribution in [-0.4, -0.2) is 0 Å². The molecular weight excluding hydrogens is 216 g/mol. The zero-order valence-electron chi connectivity index (χ0n) is 10.4. The lowest BCUT2D eigenvalue weighted by Crippen LogP contribution is -2.31. The Morgan fingerprint density at radius 2 is 1.78 bits per heavy atom. The predicted molar refractivity (Wildman–Crippen MR) is 76.3 cm³/mol. The average Bonchev–Trinajstić information content (AvgIpc) is 2.46. The SMILES string of the molecule is C1=CCC2=C3CC=c4ccccc4=C3CCC2=C1. The van der Waals surface area contributed by atoms with E-state index in [2.05, 4.69) is 48.6 Å². The minimum atomic E-state index is 1.12. The van der Waals surface area contributed by atoms with Gasteiger partial charge in [0.25, 0.3) is 0 Å². The number of hydrogen-bond donors (Lipinski definition) is 0. The summed E-state index contributed by atoms with van der Waals surface area (Å²) in [6.45, 7) is 0. The first-order valence-corrected chi connectivity index (χ1v) is 6.80. The highest BCUT2D eigenvalue weighted by atomic mass is 14.3. The summed E-state index contributed by atoms with van der Waals surface area (Å²) < 4.78 is 0. The molecule has 0 atom stereocenters. The molecule has 0 aromatic heterocycles. The van der Waals surface area contributed by atoms with Gasteiger partial charge in [-0.1, -0.05) is 48.6 Å². The maximum Gasteiger partial charge on any atom is -0.00823 e. The molecule has 0 saturated heterocycles. The maximum absolute atomic E-state index is 2.39. The second kappa shape index (κ2) is 3.84. The van der Waals surface area contributed by atoms with Gasteiger partial charge in [-0.2, -0.15) is 0 Å². The van der Waals surface area contributed by atoms with Gasteiger partial charge >= 0.3 is 0 Å². The van der Waals surface area contributed by atoms with Gasteiger partial charge in [0, 0.05) is 0 Å². The van der Waals surface area contributed by atoms with E-state index in [4.69, 9.17) is 0 Å². The molecule has 18 heavy (non-hydrogen) atoms. The molecule has 0 fully saturated rings. The molecule has 0 N–H and O–H groups in total. The maximum atomic E-state index is 2.39. The van der Waals surface area contributed by atoms with Gasteiger partial charge in [-0.25, -0.2) is 0 Å². The van der Waals surface area contributed by atoms with Crippen LogP contribution >= 0.6 is 0 Å². The van der Waals surface area contributed by atoms with Crippen molar-refractivity contribution in [3.05, 3.63) is 69.7 Å². The molecule has 3 aliphatic carbocycles. The van der Waals surface area contributed by atoms with E-state index >= 15 is 0 Å². The summed E-state index contributed by atoms with van der Waals surface area (Å²) in [5.41, 5.74) is 6.39. The number of fused-ring (bicyclic) bond motifs is 3. The molecule has 3 aliphatic rings. The first-order chi connectivity index (χ1) is 8.93. The summed E-state index contributed by atoms with van der Waals surface area (Å²) in [5, 5.41) is 2.90. The fourth-order valence-electron chi connectivity index (χ4n) is 3.45. The highest BCUT2D eigenvalue weighted by Gasteiger charge is 2.22. The summed E-state index contributed by atoms with van der Waals surface area (Å²) in [5.74, 6) is 0. The van der Waals surface area contributed by atoms with E-state index in [1.54, 1.807) is 22.3 Å². The molecule has 1 aromatic carbocycles. The highest BCUT2D eigenvalue weighted by molar-refractivity contribution is 5.75. The molecular formula is C18H16. The van der Waals surface area contributed by atoms with Crippen LogP contribution in [-0.2, 0) is 0 Å². The van der Waals surface area contributed by atoms with Gasteiger partial charge in [0.2, 0.25) is 0 Å². The smallest absolute Gasteiger partial charge is 0.00823 e. The Balaban J connectivity index is 2.05. The van der Waals surface area contributed by atoms with Crippen molar-refractivity contribution < 1.29 is 0 Å². The first-order valence-electron chi connectivity index (χ1n) is 6.80. The van der Waals surface area contributed by atoms with Crippen molar-refractivity contribution in [2.75, 3.05) is 0 Å². The van der Waals surface area contributed by atoms with Crippen LogP contribution < -0.4 is 10.4 Å². The second-order valence-electron chi connectivity index (χ2n) is 5.26. The van der Waals surface area contributed by atoms with Crippen molar-refractivity contribution in [2.24, 2.45) is 0 Å². The molecule has 0 saturated carbocycles. The first kappa shape index (κ1) is 10.1. The Hall–Kier alpha value is -1.82. The molecule has 0 bridgehead atoms. The average molecular weight is 232 g/mol. The number of benzene rings is 1. The molecule has 0 aliphatic heterocycles. The molecule has 0 nitrogen and oxygen atoms in total.